The Bertz CT molecular complexity index is 1570. The van der Waals surface area contributed by atoms with Gasteiger partial charge in [-0.05, 0) is 75.8 Å². The SMILES string of the molecule is Bc1ccc(N(c2ccc(-c3ccccc3)cc2)c2cc(-c3ccccc3)cc(-c3ccccc3)c2)cc1. The van der Waals surface area contributed by atoms with Gasteiger partial charge in [0.05, 0.1) is 0 Å². The van der Waals surface area contributed by atoms with Crippen LogP contribution in [-0.2, 0) is 0 Å². The average molecular weight is 485 g/mol. The van der Waals surface area contributed by atoms with Gasteiger partial charge in [-0.15, -0.1) is 0 Å². The number of rotatable bonds is 6. The molecule has 180 valence electrons. The number of nitrogens with zero attached hydrogens (tertiary/aromatic N) is 1. The maximum atomic E-state index is 2.35. The van der Waals surface area contributed by atoms with Crippen LogP contribution in [0.15, 0.2) is 158 Å². The normalized spacial score (nSPS) is 10.7. The Morgan fingerprint density at radius 1 is 0.316 bits per heavy atom. The van der Waals surface area contributed by atoms with E-state index < -0.39 is 0 Å². The van der Waals surface area contributed by atoms with Crippen molar-refractivity contribution in [2.45, 2.75) is 0 Å². The minimum absolute atomic E-state index is 1.12. The van der Waals surface area contributed by atoms with Crippen LogP contribution in [-0.4, -0.2) is 7.85 Å². The Kier molecular flexibility index (Phi) is 6.61. The summed E-state index contributed by atoms with van der Waals surface area (Å²) in [6, 6.07) is 56.3. The molecule has 0 fully saturated rings. The molecule has 0 saturated heterocycles. The highest BCUT2D eigenvalue weighted by atomic mass is 15.1. The van der Waals surface area contributed by atoms with E-state index in [1.807, 2.05) is 0 Å². The summed E-state index contributed by atoms with van der Waals surface area (Å²) in [4.78, 5) is 2.35. The van der Waals surface area contributed by atoms with Crippen molar-refractivity contribution >= 4 is 30.4 Å². The molecule has 6 aromatic carbocycles. The molecule has 0 amide bonds. The zero-order chi connectivity index (χ0) is 25.7. The third-order valence-corrected chi connectivity index (χ3v) is 6.92. The van der Waals surface area contributed by atoms with Crippen LogP contribution in [0.2, 0.25) is 0 Å². The molecule has 0 N–H and O–H groups in total. The van der Waals surface area contributed by atoms with Crippen molar-refractivity contribution < 1.29 is 0 Å². The number of hydrogen-bond donors (Lipinski definition) is 0. The smallest absolute Gasteiger partial charge is 0.139 e. The second kappa shape index (κ2) is 10.7. The van der Waals surface area contributed by atoms with Gasteiger partial charge in [0.2, 0.25) is 0 Å². The minimum Gasteiger partial charge on any atom is -0.310 e. The summed E-state index contributed by atoms with van der Waals surface area (Å²) in [6.07, 6.45) is 0. The van der Waals surface area contributed by atoms with Gasteiger partial charge < -0.3 is 4.90 Å². The maximum Gasteiger partial charge on any atom is 0.139 e. The van der Waals surface area contributed by atoms with Crippen LogP contribution in [0.25, 0.3) is 33.4 Å². The van der Waals surface area contributed by atoms with Gasteiger partial charge in [0.25, 0.3) is 0 Å². The Balaban J connectivity index is 1.53. The van der Waals surface area contributed by atoms with Crippen molar-refractivity contribution in [3.05, 3.63) is 158 Å². The van der Waals surface area contributed by atoms with Crippen LogP contribution >= 0.6 is 0 Å². The van der Waals surface area contributed by atoms with Gasteiger partial charge in [0, 0.05) is 17.1 Å². The first-order chi connectivity index (χ1) is 18.7. The van der Waals surface area contributed by atoms with Crippen LogP contribution in [0.3, 0.4) is 0 Å². The molecular weight excluding hydrogens is 457 g/mol. The summed E-state index contributed by atoms with van der Waals surface area (Å²) in [7, 11) is 2.13. The predicted octanol–water partition coefficient (Wildman–Crippen LogP) is 8.42. The molecule has 0 aromatic heterocycles. The van der Waals surface area contributed by atoms with Gasteiger partial charge in [0.15, 0.2) is 0 Å². The third kappa shape index (κ3) is 5.03. The molecule has 6 rings (SSSR count). The fraction of sp³-hybridized carbons (Fsp3) is 0. The minimum atomic E-state index is 1.12. The van der Waals surface area contributed by atoms with E-state index >= 15 is 0 Å². The van der Waals surface area contributed by atoms with E-state index in [1.165, 1.54) is 38.8 Å². The van der Waals surface area contributed by atoms with Crippen LogP contribution in [0, 0.1) is 0 Å². The molecule has 0 bridgehead atoms. The molecule has 0 spiro atoms. The van der Waals surface area contributed by atoms with E-state index in [9.17, 15) is 0 Å². The van der Waals surface area contributed by atoms with E-state index in [2.05, 4.69) is 170 Å². The molecular formula is C36H28BN. The highest BCUT2D eigenvalue weighted by molar-refractivity contribution is 6.32. The molecule has 0 saturated carbocycles. The van der Waals surface area contributed by atoms with Crippen molar-refractivity contribution in [1.82, 2.24) is 0 Å². The summed E-state index contributed by atoms with van der Waals surface area (Å²) >= 11 is 0. The van der Waals surface area contributed by atoms with E-state index in [1.54, 1.807) is 0 Å². The molecule has 38 heavy (non-hydrogen) atoms. The van der Waals surface area contributed by atoms with Crippen LogP contribution < -0.4 is 10.4 Å². The lowest BCUT2D eigenvalue weighted by Gasteiger charge is -2.27. The Morgan fingerprint density at radius 2 is 0.684 bits per heavy atom. The van der Waals surface area contributed by atoms with E-state index in [-0.39, 0.29) is 0 Å². The van der Waals surface area contributed by atoms with Gasteiger partial charge in [0.1, 0.15) is 7.85 Å². The van der Waals surface area contributed by atoms with Gasteiger partial charge in [-0.2, -0.15) is 0 Å². The topological polar surface area (TPSA) is 3.24 Å². The first-order valence-electron chi connectivity index (χ1n) is 13.0. The average Bonchev–Trinajstić information content (AvgIpc) is 3.00. The quantitative estimate of drug-likeness (QED) is 0.214. The molecule has 1 nitrogen and oxygen atoms in total. The summed E-state index contributed by atoms with van der Waals surface area (Å²) in [5, 5.41) is 0. The van der Waals surface area contributed by atoms with Gasteiger partial charge in [-0.1, -0.05) is 121 Å². The lowest BCUT2D eigenvalue weighted by molar-refractivity contribution is 1.29. The molecule has 0 radical (unpaired) electrons. The largest absolute Gasteiger partial charge is 0.310 e. The summed E-state index contributed by atoms with van der Waals surface area (Å²) in [5.41, 5.74) is 11.9. The fourth-order valence-electron chi connectivity index (χ4n) is 4.91. The first-order valence-corrected chi connectivity index (χ1v) is 13.0. The van der Waals surface area contributed by atoms with E-state index in [4.69, 9.17) is 0 Å². The fourth-order valence-corrected chi connectivity index (χ4v) is 4.91. The predicted molar refractivity (Wildman–Crippen MR) is 166 cm³/mol. The van der Waals surface area contributed by atoms with Crippen molar-refractivity contribution in [3.8, 4) is 33.4 Å². The summed E-state index contributed by atoms with van der Waals surface area (Å²) in [5.74, 6) is 0. The molecule has 0 aliphatic rings. The van der Waals surface area contributed by atoms with Crippen molar-refractivity contribution in [2.75, 3.05) is 4.90 Å². The molecule has 0 aliphatic carbocycles. The first kappa shape index (κ1) is 23.6. The molecule has 0 atom stereocenters. The van der Waals surface area contributed by atoms with Crippen molar-refractivity contribution in [3.63, 3.8) is 0 Å². The second-order valence-corrected chi connectivity index (χ2v) is 9.58. The van der Waals surface area contributed by atoms with Crippen LogP contribution in [0.4, 0.5) is 17.1 Å². The van der Waals surface area contributed by atoms with E-state index in [0.29, 0.717) is 0 Å². The van der Waals surface area contributed by atoms with Gasteiger partial charge in [-0.3, -0.25) is 0 Å². The van der Waals surface area contributed by atoms with Crippen molar-refractivity contribution in [1.29, 1.82) is 0 Å². The maximum absolute atomic E-state index is 2.35. The molecule has 2 heteroatoms. The molecule has 6 aromatic rings. The number of hydrogen-bond acceptors (Lipinski definition) is 1. The Morgan fingerprint density at radius 3 is 1.13 bits per heavy atom. The number of anilines is 3. The van der Waals surface area contributed by atoms with Crippen molar-refractivity contribution in [2.24, 2.45) is 0 Å². The summed E-state index contributed by atoms with van der Waals surface area (Å²) < 4.78 is 0. The van der Waals surface area contributed by atoms with E-state index in [0.717, 1.165) is 17.1 Å². The van der Waals surface area contributed by atoms with Crippen LogP contribution in [0.1, 0.15) is 0 Å². The highest BCUT2D eigenvalue weighted by Gasteiger charge is 2.16. The van der Waals surface area contributed by atoms with Gasteiger partial charge >= 0.3 is 0 Å². The standard InChI is InChI=1S/C36H28BN/c37-33-18-22-35(23-19-33)38(34-20-16-30(17-21-34)27-10-4-1-5-11-27)36-25-31(28-12-6-2-7-13-28)24-32(26-36)29-14-8-3-9-15-29/h1-26H,37H2. The number of benzene rings is 6. The molecule has 0 heterocycles. The Hall–Kier alpha value is -4.82. The van der Waals surface area contributed by atoms with Gasteiger partial charge in [-0.25, -0.2) is 0 Å². The zero-order valence-corrected chi connectivity index (χ0v) is 21.5. The van der Waals surface area contributed by atoms with Crippen LogP contribution in [0.5, 0.6) is 0 Å². The molecule has 0 unspecified atom stereocenters. The summed E-state index contributed by atoms with van der Waals surface area (Å²) in [6.45, 7) is 0. The molecule has 0 aliphatic heterocycles. The monoisotopic (exact) mass is 485 g/mol. The highest BCUT2D eigenvalue weighted by Crippen LogP contribution is 2.39. The third-order valence-electron chi connectivity index (χ3n) is 6.92. The lowest BCUT2D eigenvalue weighted by Crippen LogP contribution is -2.12. The second-order valence-electron chi connectivity index (χ2n) is 9.58. The lowest BCUT2D eigenvalue weighted by atomic mass is 9.95. The Labute approximate surface area is 226 Å². The zero-order valence-electron chi connectivity index (χ0n) is 21.5.